The van der Waals surface area contributed by atoms with Crippen LogP contribution in [0.1, 0.15) is 59.8 Å². The molecule has 3 aromatic rings. The fraction of sp³-hybridized carbons (Fsp3) is 0.400. The number of piperidine rings is 1. The average Bonchev–Trinajstić information content (AvgIpc) is 3.31. The molecule has 3 heterocycles. The van der Waals surface area contributed by atoms with Gasteiger partial charge in [-0.05, 0) is 78.5 Å². The number of anilines is 1. The molecule has 3 aliphatic rings. The summed E-state index contributed by atoms with van der Waals surface area (Å²) in [6.45, 7) is 2.37. The van der Waals surface area contributed by atoms with Crippen molar-refractivity contribution >= 4 is 12.1 Å². The minimum Gasteiger partial charge on any atom is -0.508 e. The highest BCUT2D eigenvalue weighted by atomic mass is 16.5. The van der Waals surface area contributed by atoms with E-state index in [4.69, 9.17) is 9.72 Å². The lowest BCUT2D eigenvalue weighted by Crippen LogP contribution is -2.44. The first-order valence-electron chi connectivity index (χ1n) is 12.8. The number of aryl methyl sites for hydroxylation is 1. The molecule has 1 unspecified atom stereocenters. The van der Waals surface area contributed by atoms with E-state index < -0.39 is 0 Å². The highest BCUT2D eigenvalue weighted by Gasteiger charge is 2.42. The summed E-state index contributed by atoms with van der Waals surface area (Å²) in [5.74, 6) is 1.98. The second kappa shape index (κ2) is 9.12. The molecule has 1 N–H and O–H groups in total. The largest absolute Gasteiger partial charge is 0.508 e. The lowest BCUT2D eigenvalue weighted by molar-refractivity contribution is -0.111. The van der Waals surface area contributed by atoms with Gasteiger partial charge in [-0.1, -0.05) is 42.5 Å². The summed E-state index contributed by atoms with van der Waals surface area (Å²) in [6.07, 6.45) is 7.85. The van der Waals surface area contributed by atoms with Crippen LogP contribution in [0.25, 0.3) is 0 Å². The van der Waals surface area contributed by atoms with Crippen LogP contribution in [0.2, 0.25) is 0 Å². The number of aromatic hydroxyl groups is 1. The van der Waals surface area contributed by atoms with Crippen LogP contribution >= 0.6 is 0 Å². The van der Waals surface area contributed by atoms with E-state index >= 15 is 0 Å². The molecular formula is C30H32N2O3. The molecule has 6 rings (SSSR count). The van der Waals surface area contributed by atoms with Crippen molar-refractivity contribution in [2.24, 2.45) is 5.92 Å². The van der Waals surface area contributed by atoms with E-state index in [1.165, 1.54) is 22.3 Å². The van der Waals surface area contributed by atoms with Crippen LogP contribution in [0, 0.1) is 5.92 Å². The Labute approximate surface area is 206 Å². The number of fused-ring (bicyclic) bond motifs is 1. The smallest absolute Gasteiger partial charge is 0.128 e. The molecule has 1 aliphatic carbocycles. The van der Waals surface area contributed by atoms with E-state index in [9.17, 15) is 9.90 Å². The second-order valence-corrected chi connectivity index (χ2v) is 10.4. The standard InChI is InChI=1S/C30H32N2O3/c33-19-21-17-30(35-20-21)12-14-32(15-13-30)28-11-7-24(18-31-28)29-26(22-4-2-1-3-5-22)9-6-23-16-25(34)8-10-27(23)29/h1-5,7-8,10-11,16,18-19,21,26,29,34H,6,9,12-15,17,20H2/t21?,26-,29+/m0/s1. The first kappa shape index (κ1) is 22.3. The van der Waals surface area contributed by atoms with Crippen LogP contribution in [0.4, 0.5) is 5.82 Å². The number of carbonyl (C=O) groups is 1. The van der Waals surface area contributed by atoms with Crippen LogP contribution in [0.5, 0.6) is 5.75 Å². The summed E-state index contributed by atoms with van der Waals surface area (Å²) in [4.78, 5) is 18.4. The van der Waals surface area contributed by atoms with Crippen LogP contribution in [0.15, 0.2) is 66.9 Å². The van der Waals surface area contributed by atoms with E-state index in [0.29, 0.717) is 18.3 Å². The molecule has 1 spiro atoms. The Kier molecular flexibility index (Phi) is 5.81. The van der Waals surface area contributed by atoms with Gasteiger partial charge in [0.15, 0.2) is 0 Å². The Hall–Kier alpha value is -3.18. The lowest BCUT2D eigenvalue weighted by atomic mass is 9.69. The number of hydrogen-bond acceptors (Lipinski definition) is 5. The molecule has 2 fully saturated rings. The number of aldehydes is 1. The van der Waals surface area contributed by atoms with Gasteiger partial charge in [0.25, 0.3) is 0 Å². The highest BCUT2D eigenvalue weighted by molar-refractivity contribution is 5.54. The lowest BCUT2D eigenvalue weighted by Gasteiger charge is -2.39. The molecule has 0 bridgehead atoms. The van der Waals surface area contributed by atoms with E-state index in [-0.39, 0.29) is 17.4 Å². The van der Waals surface area contributed by atoms with Gasteiger partial charge >= 0.3 is 0 Å². The van der Waals surface area contributed by atoms with Crippen molar-refractivity contribution in [1.82, 2.24) is 4.98 Å². The predicted octanol–water partition coefficient (Wildman–Crippen LogP) is 5.22. The Morgan fingerprint density at radius 2 is 1.86 bits per heavy atom. The molecule has 2 aromatic carbocycles. The summed E-state index contributed by atoms with van der Waals surface area (Å²) < 4.78 is 6.07. The Balaban J connectivity index is 1.25. The molecule has 35 heavy (non-hydrogen) atoms. The summed E-state index contributed by atoms with van der Waals surface area (Å²) in [5, 5.41) is 10.1. The number of rotatable bonds is 4. The number of benzene rings is 2. The average molecular weight is 469 g/mol. The van der Waals surface area contributed by atoms with Gasteiger partial charge in [0.1, 0.15) is 17.9 Å². The van der Waals surface area contributed by atoms with Gasteiger partial charge in [-0.3, -0.25) is 0 Å². The zero-order valence-electron chi connectivity index (χ0n) is 20.0. The number of phenols is 1. The molecule has 3 atom stereocenters. The predicted molar refractivity (Wildman–Crippen MR) is 136 cm³/mol. The topological polar surface area (TPSA) is 62.7 Å². The van der Waals surface area contributed by atoms with Crippen molar-refractivity contribution in [2.75, 3.05) is 24.6 Å². The Morgan fingerprint density at radius 1 is 1.03 bits per heavy atom. The number of nitrogens with zero attached hydrogens (tertiary/aromatic N) is 2. The summed E-state index contributed by atoms with van der Waals surface area (Å²) in [5.41, 5.74) is 4.98. The minimum atomic E-state index is -0.123. The number of hydrogen-bond donors (Lipinski definition) is 1. The first-order chi connectivity index (χ1) is 17.1. The van der Waals surface area contributed by atoms with Crippen LogP contribution in [0.3, 0.4) is 0 Å². The van der Waals surface area contributed by atoms with Crippen LogP contribution in [-0.4, -0.2) is 41.7 Å². The third-order valence-electron chi connectivity index (χ3n) is 8.38. The number of phenolic OH excluding ortho intramolecular Hbond substituents is 1. The van der Waals surface area contributed by atoms with E-state index in [1.807, 2.05) is 12.1 Å². The van der Waals surface area contributed by atoms with Gasteiger partial charge in [-0.25, -0.2) is 4.98 Å². The Bertz CT molecular complexity index is 1190. The summed E-state index contributed by atoms with van der Waals surface area (Å²) in [7, 11) is 0. The van der Waals surface area contributed by atoms with E-state index in [1.54, 1.807) is 0 Å². The van der Waals surface area contributed by atoms with Gasteiger partial charge in [0.2, 0.25) is 0 Å². The SMILES string of the molecule is O=CC1COC2(CCN(c3ccc([C@H]4c5ccc(O)cc5CC[C@H]4c4ccccc4)cn3)CC2)C1. The molecule has 2 saturated heterocycles. The monoisotopic (exact) mass is 468 g/mol. The van der Waals surface area contributed by atoms with Crippen molar-refractivity contribution < 1.29 is 14.6 Å². The normalized spacial score (nSPS) is 25.4. The molecular weight excluding hydrogens is 436 g/mol. The third-order valence-corrected chi connectivity index (χ3v) is 8.38. The van der Waals surface area contributed by atoms with Gasteiger partial charge in [0.05, 0.1) is 12.2 Å². The molecule has 5 heteroatoms. The van der Waals surface area contributed by atoms with Crippen LogP contribution < -0.4 is 4.90 Å². The third kappa shape index (κ3) is 4.23. The number of pyridine rings is 1. The highest BCUT2D eigenvalue weighted by Crippen LogP contribution is 2.47. The van der Waals surface area contributed by atoms with Crippen molar-refractivity contribution in [3.63, 3.8) is 0 Å². The number of ether oxygens (including phenoxy) is 1. The fourth-order valence-corrected chi connectivity index (χ4v) is 6.50. The van der Waals surface area contributed by atoms with E-state index in [2.05, 4.69) is 59.6 Å². The molecule has 0 saturated carbocycles. The Morgan fingerprint density at radius 3 is 2.57 bits per heavy atom. The zero-order valence-corrected chi connectivity index (χ0v) is 20.0. The maximum Gasteiger partial charge on any atom is 0.128 e. The fourth-order valence-electron chi connectivity index (χ4n) is 6.50. The van der Waals surface area contributed by atoms with Crippen molar-refractivity contribution in [3.05, 3.63) is 89.1 Å². The zero-order chi connectivity index (χ0) is 23.8. The second-order valence-electron chi connectivity index (χ2n) is 10.4. The minimum absolute atomic E-state index is 0.0526. The molecule has 180 valence electrons. The van der Waals surface area contributed by atoms with Crippen molar-refractivity contribution in [2.45, 2.75) is 49.5 Å². The molecule has 0 radical (unpaired) electrons. The van der Waals surface area contributed by atoms with Crippen molar-refractivity contribution in [1.29, 1.82) is 0 Å². The first-order valence-corrected chi connectivity index (χ1v) is 12.8. The molecule has 2 aliphatic heterocycles. The van der Waals surface area contributed by atoms with Crippen LogP contribution in [-0.2, 0) is 16.0 Å². The molecule has 0 amide bonds. The molecule has 1 aromatic heterocycles. The maximum absolute atomic E-state index is 11.2. The van der Waals surface area contributed by atoms with Gasteiger partial charge in [0, 0.05) is 31.1 Å². The van der Waals surface area contributed by atoms with Gasteiger partial charge < -0.3 is 19.5 Å². The van der Waals surface area contributed by atoms with Gasteiger partial charge in [-0.2, -0.15) is 0 Å². The van der Waals surface area contributed by atoms with E-state index in [0.717, 1.165) is 57.3 Å². The molecule has 5 nitrogen and oxygen atoms in total. The number of carbonyl (C=O) groups excluding carboxylic acids is 1. The van der Waals surface area contributed by atoms with Gasteiger partial charge in [-0.15, -0.1) is 0 Å². The quantitative estimate of drug-likeness (QED) is 0.532. The summed E-state index contributed by atoms with van der Waals surface area (Å²) >= 11 is 0. The summed E-state index contributed by atoms with van der Waals surface area (Å²) in [6, 6.07) is 21.0. The number of aromatic nitrogens is 1. The maximum atomic E-state index is 11.2. The van der Waals surface area contributed by atoms with Crippen molar-refractivity contribution in [3.8, 4) is 5.75 Å².